The molecule has 0 spiro atoms. The summed E-state index contributed by atoms with van der Waals surface area (Å²) in [5.41, 5.74) is 4.85. The number of para-hydroxylation sites is 1. The van der Waals surface area contributed by atoms with Crippen molar-refractivity contribution in [3.8, 4) is 5.69 Å². The van der Waals surface area contributed by atoms with E-state index < -0.39 is 0 Å². The maximum absolute atomic E-state index is 4.92. The fourth-order valence-corrected chi connectivity index (χ4v) is 4.93. The molecule has 160 valence electrons. The summed E-state index contributed by atoms with van der Waals surface area (Å²) in [7, 11) is 0. The first kappa shape index (κ1) is 21.2. The van der Waals surface area contributed by atoms with E-state index in [1.807, 2.05) is 0 Å². The molecule has 0 amide bonds. The summed E-state index contributed by atoms with van der Waals surface area (Å²) in [5, 5.41) is 9.67. The van der Waals surface area contributed by atoms with Crippen molar-refractivity contribution in [2.24, 2.45) is 0 Å². The van der Waals surface area contributed by atoms with E-state index in [0.29, 0.717) is 0 Å². The zero-order chi connectivity index (χ0) is 19.6. The van der Waals surface area contributed by atoms with Gasteiger partial charge in [-0.15, -0.1) is 12.4 Å². The Bertz CT molecular complexity index is 956. The molecule has 5 rings (SSSR count). The van der Waals surface area contributed by atoms with Crippen LogP contribution in [0.25, 0.3) is 16.6 Å². The number of rotatable bonds is 4. The van der Waals surface area contributed by atoms with E-state index >= 15 is 0 Å². The van der Waals surface area contributed by atoms with Crippen LogP contribution < -0.4 is 10.2 Å². The van der Waals surface area contributed by atoms with Crippen LogP contribution in [0.2, 0.25) is 0 Å². The highest BCUT2D eigenvalue weighted by Gasteiger charge is 2.26. The molecule has 1 aromatic heterocycles. The van der Waals surface area contributed by atoms with Crippen molar-refractivity contribution in [3.63, 3.8) is 0 Å². The molecule has 30 heavy (non-hydrogen) atoms. The van der Waals surface area contributed by atoms with E-state index in [-0.39, 0.29) is 12.4 Å². The van der Waals surface area contributed by atoms with Gasteiger partial charge in [-0.2, -0.15) is 5.10 Å². The Balaban J connectivity index is 0.00000218. The number of hydrogen-bond donors (Lipinski definition) is 1. The van der Waals surface area contributed by atoms with Crippen LogP contribution in [0.4, 0.5) is 5.69 Å². The van der Waals surface area contributed by atoms with Gasteiger partial charge in [-0.05, 0) is 49.6 Å². The molecule has 2 aliphatic heterocycles. The smallest absolute Gasteiger partial charge is 0.0764 e. The third kappa shape index (κ3) is 4.07. The molecule has 1 N–H and O–H groups in total. The highest BCUT2D eigenvalue weighted by atomic mass is 35.5. The minimum absolute atomic E-state index is 0. The third-order valence-corrected chi connectivity index (χ3v) is 6.57. The summed E-state index contributed by atoms with van der Waals surface area (Å²) in [4.78, 5) is 5.25. The molecule has 3 heterocycles. The van der Waals surface area contributed by atoms with Crippen molar-refractivity contribution in [2.45, 2.75) is 32.2 Å². The van der Waals surface area contributed by atoms with Crippen LogP contribution in [0.3, 0.4) is 0 Å². The molecule has 0 radical (unpaired) electrons. The average molecular weight is 426 g/mol. The zero-order valence-corrected chi connectivity index (χ0v) is 18.6. The fourth-order valence-electron chi connectivity index (χ4n) is 4.93. The molecule has 0 atom stereocenters. The van der Waals surface area contributed by atoms with Crippen LogP contribution in [-0.4, -0.2) is 60.0 Å². The summed E-state index contributed by atoms with van der Waals surface area (Å²) >= 11 is 0. The number of anilines is 1. The molecule has 6 heteroatoms. The second-order valence-electron chi connectivity index (χ2n) is 8.25. The van der Waals surface area contributed by atoms with E-state index in [1.165, 1.54) is 48.2 Å². The summed E-state index contributed by atoms with van der Waals surface area (Å²) in [6, 6.07) is 18.2. The molecule has 2 aromatic carbocycles. The van der Waals surface area contributed by atoms with Gasteiger partial charge in [0.25, 0.3) is 0 Å². The lowest BCUT2D eigenvalue weighted by molar-refractivity contribution is 0.150. The van der Waals surface area contributed by atoms with E-state index in [9.17, 15) is 0 Å². The van der Waals surface area contributed by atoms with Gasteiger partial charge in [0, 0.05) is 56.4 Å². The van der Waals surface area contributed by atoms with Crippen LogP contribution in [0, 0.1) is 0 Å². The van der Waals surface area contributed by atoms with Gasteiger partial charge in [-0.1, -0.05) is 25.1 Å². The Morgan fingerprint density at radius 2 is 1.67 bits per heavy atom. The highest BCUT2D eigenvalue weighted by Crippen LogP contribution is 2.29. The Morgan fingerprint density at radius 1 is 0.933 bits per heavy atom. The summed E-state index contributed by atoms with van der Waals surface area (Å²) in [5.74, 6) is 0. The Hall–Kier alpha value is -2.08. The minimum atomic E-state index is 0. The number of hydrogen-bond acceptors (Lipinski definition) is 4. The summed E-state index contributed by atoms with van der Waals surface area (Å²) in [6.07, 6.45) is 3.47. The fraction of sp³-hybridized carbons (Fsp3) is 0.458. The quantitative estimate of drug-likeness (QED) is 0.688. The standard InChI is InChI=1S/C24H31N5.ClH/c1-2-23-22-9-8-21(18-24(22)29(26-23)20-6-4-3-5-7-20)27-14-10-19(11-15-27)28-16-12-25-13-17-28;/h3-9,18-19,25H,2,10-17H2,1H3;1H. The van der Waals surface area contributed by atoms with Gasteiger partial charge >= 0.3 is 0 Å². The molecule has 2 fully saturated rings. The van der Waals surface area contributed by atoms with Gasteiger partial charge in [0.05, 0.1) is 16.9 Å². The molecule has 2 aliphatic rings. The first-order valence-electron chi connectivity index (χ1n) is 11.1. The van der Waals surface area contributed by atoms with Crippen LogP contribution in [-0.2, 0) is 6.42 Å². The van der Waals surface area contributed by atoms with Gasteiger partial charge in [-0.25, -0.2) is 4.68 Å². The molecule has 0 bridgehead atoms. The zero-order valence-electron chi connectivity index (χ0n) is 17.8. The monoisotopic (exact) mass is 425 g/mol. The second-order valence-corrected chi connectivity index (χ2v) is 8.25. The number of nitrogens with zero attached hydrogens (tertiary/aromatic N) is 4. The van der Waals surface area contributed by atoms with Crippen molar-refractivity contribution in [1.82, 2.24) is 20.0 Å². The van der Waals surface area contributed by atoms with Crippen LogP contribution >= 0.6 is 12.4 Å². The highest BCUT2D eigenvalue weighted by molar-refractivity contribution is 5.87. The molecule has 3 aromatic rings. The lowest BCUT2D eigenvalue weighted by atomic mass is 10.0. The van der Waals surface area contributed by atoms with Crippen LogP contribution in [0.5, 0.6) is 0 Å². The van der Waals surface area contributed by atoms with Crippen molar-refractivity contribution in [3.05, 3.63) is 54.2 Å². The predicted molar refractivity (Wildman–Crippen MR) is 127 cm³/mol. The summed E-state index contributed by atoms with van der Waals surface area (Å²) in [6.45, 7) is 9.14. The molecule has 0 saturated carbocycles. The maximum Gasteiger partial charge on any atom is 0.0764 e. The topological polar surface area (TPSA) is 36.3 Å². The number of aryl methyl sites for hydroxylation is 1. The Kier molecular flexibility index (Phi) is 6.61. The number of piperazine rings is 1. The number of aromatic nitrogens is 2. The molecular weight excluding hydrogens is 394 g/mol. The van der Waals surface area contributed by atoms with E-state index in [4.69, 9.17) is 5.10 Å². The molecular formula is C24H32ClN5. The number of benzene rings is 2. The van der Waals surface area contributed by atoms with Gasteiger partial charge < -0.3 is 10.2 Å². The largest absolute Gasteiger partial charge is 0.371 e. The average Bonchev–Trinajstić information content (AvgIpc) is 3.18. The van der Waals surface area contributed by atoms with Crippen LogP contribution in [0.1, 0.15) is 25.5 Å². The predicted octanol–water partition coefficient (Wildman–Crippen LogP) is 3.88. The third-order valence-electron chi connectivity index (χ3n) is 6.57. The van der Waals surface area contributed by atoms with Crippen molar-refractivity contribution in [1.29, 1.82) is 0 Å². The van der Waals surface area contributed by atoms with Crippen molar-refractivity contribution >= 4 is 29.0 Å². The molecule has 0 aliphatic carbocycles. The lowest BCUT2D eigenvalue weighted by Gasteiger charge is -2.41. The number of piperidine rings is 1. The van der Waals surface area contributed by atoms with Gasteiger partial charge in [0.1, 0.15) is 0 Å². The molecule has 5 nitrogen and oxygen atoms in total. The first-order valence-corrected chi connectivity index (χ1v) is 11.1. The van der Waals surface area contributed by atoms with Gasteiger partial charge in [0.15, 0.2) is 0 Å². The first-order chi connectivity index (χ1) is 14.3. The Morgan fingerprint density at radius 3 is 2.37 bits per heavy atom. The SMILES string of the molecule is CCc1nn(-c2ccccc2)c2cc(N3CCC(N4CCNCC4)CC3)ccc12.Cl. The lowest BCUT2D eigenvalue weighted by Crippen LogP contribution is -2.52. The molecule has 0 unspecified atom stereocenters. The van der Waals surface area contributed by atoms with Crippen molar-refractivity contribution in [2.75, 3.05) is 44.2 Å². The second kappa shape index (κ2) is 9.38. The van der Waals surface area contributed by atoms with E-state index in [2.05, 4.69) is 75.3 Å². The number of nitrogens with one attached hydrogen (secondary N) is 1. The summed E-state index contributed by atoms with van der Waals surface area (Å²) < 4.78 is 2.12. The van der Waals surface area contributed by atoms with Crippen molar-refractivity contribution < 1.29 is 0 Å². The van der Waals surface area contributed by atoms with Gasteiger partial charge in [-0.3, -0.25) is 4.90 Å². The number of halogens is 1. The van der Waals surface area contributed by atoms with Crippen LogP contribution in [0.15, 0.2) is 48.5 Å². The minimum Gasteiger partial charge on any atom is -0.371 e. The molecule has 2 saturated heterocycles. The van der Waals surface area contributed by atoms with E-state index in [1.54, 1.807) is 0 Å². The van der Waals surface area contributed by atoms with E-state index in [0.717, 1.165) is 44.3 Å². The normalized spacial score (nSPS) is 18.5. The van der Waals surface area contributed by atoms with Gasteiger partial charge in [0.2, 0.25) is 0 Å². The number of fused-ring (bicyclic) bond motifs is 1. The Labute approximate surface area is 185 Å². The maximum atomic E-state index is 4.92.